The molecule has 0 spiro atoms. The van der Waals surface area contributed by atoms with Crippen molar-refractivity contribution in [2.45, 2.75) is 46.0 Å². The van der Waals surface area contributed by atoms with Crippen LogP contribution >= 0.6 is 0 Å². The van der Waals surface area contributed by atoms with Gasteiger partial charge in [0.25, 0.3) is 0 Å². The number of rotatable bonds is 7. The molecule has 0 unspecified atom stereocenters. The molecular formula is C16H24N2O2. The predicted octanol–water partition coefficient (Wildman–Crippen LogP) is 2.88. The van der Waals surface area contributed by atoms with Gasteiger partial charge in [0.1, 0.15) is 0 Å². The summed E-state index contributed by atoms with van der Waals surface area (Å²) in [6.45, 7) is 4.71. The van der Waals surface area contributed by atoms with Crippen LogP contribution in [0.25, 0.3) is 0 Å². The van der Waals surface area contributed by atoms with E-state index >= 15 is 0 Å². The highest BCUT2D eigenvalue weighted by atomic mass is 16.2. The molecule has 0 aliphatic heterocycles. The Kier molecular flexibility index (Phi) is 7.40. The molecule has 0 atom stereocenters. The van der Waals surface area contributed by atoms with Gasteiger partial charge >= 0.3 is 11.8 Å². The average Bonchev–Trinajstić information content (AvgIpc) is 2.47. The number of nitrogens with one attached hydrogen (secondary N) is 2. The fourth-order valence-corrected chi connectivity index (χ4v) is 1.96. The quantitative estimate of drug-likeness (QED) is 0.594. The third-order valence-electron chi connectivity index (χ3n) is 3.17. The van der Waals surface area contributed by atoms with Gasteiger partial charge in [-0.1, -0.05) is 51.3 Å². The monoisotopic (exact) mass is 276 g/mol. The third-order valence-corrected chi connectivity index (χ3v) is 3.17. The number of carbonyl (C=O) groups excluding carboxylic acids is 2. The molecule has 0 saturated carbocycles. The number of carbonyl (C=O) groups is 2. The van der Waals surface area contributed by atoms with E-state index in [0.29, 0.717) is 12.2 Å². The zero-order chi connectivity index (χ0) is 14.8. The van der Waals surface area contributed by atoms with Crippen LogP contribution in [-0.2, 0) is 16.0 Å². The van der Waals surface area contributed by atoms with E-state index in [-0.39, 0.29) is 0 Å². The lowest BCUT2D eigenvalue weighted by atomic mass is 10.1. The molecule has 1 aromatic rings. The highest BCUT2D eigenvalue weighted by Gasteiger charge is 2.13. The molecule has 0 aliphatic rings. The van der Waals surface area contributed by atoms with E-state index in [1.54, 1.807) is 0 Å². The number of anilines is 1. The fourth-order valence-electron chi connectivity index (χ4n) is 1.96. The fraction of sp³-hybridized carbons (Fsp3) is 0.500. The van der Waals surface area contributed by atoms with Crippen molar-refractivity contribution in [1.82, 2.24) is 5.32 Å². The van der Waals surface area contributed by atoms with Crippen molar-refractivity contribution < 1.29 is 9.59 Å². The van der Waals surface area contributed by atoms with Crippen LogP contribution in [0.1, 0.15) is 45.1 Å². The molecule has 0 saturated heterocycles. The molecule has 0 aromatic heterocycles. The lowest BCUT2D eigenvalue weighted by molar-refractivity contribution is -0.136. The predicted molar refractivity (Wildman–Crippen MR) is 81.6 cm³/mol. The number of para-hydroxylation sites is 1. The molecule has 0 fully saturated rings. The van der Waals surface area contributed by atoms with Gasteiger partial charge < -0.3 is 10.6 Å². The molecule has 4 heteroatoms. The molecule has 110 valence electrons. The van der Waals surface area contributed by atoms with Crippen molar-refractivity contribution in [3.05, 3.63) is 29.8 Å². The number of unbranched alkanes of at least 4 members (excludes halogenated alkanes) is 3. The van der Waals surface area contributed by atoms with Gasteiger partial charge in [0.2, 0.25) is 0 Å². The standard InChI is InChI=1S/C16H24N2O2/c1-3-5-6-9-12-17-15(19)16(20)18-14-11-8-7-10-13(14)4-2/h7-8,10-11H,3-6,9,12H2,1-2H3,(H,17,19)(H,18,20). The normalized spacial score (nSPS) is 10.1. The van der Waals surface area contributed by atoms with E-state index in [2.05, 4.69) is 17.6 Å². The maximum Gasteiger partial charge on any atom is 0.313 e. The number of hydrogen-bond donors (Lipinski definition) is 2. The third kappa shape index (κ3) is 5.43. The Morgan fingerprint density at radius 3 is 2.45 bits per heavy atom. The second-order valence-corrected chi connectivity index (χ2v) is 4.78. The Balaban J connectivity index is 2.40. The van der Waals surface area contributed by atoms with Crippen LogP contribution < -0.4 is 10.6 Å². The zero-order valence-corrected chi connectivity index (χ0v) is 12.4. The van der Waals surface area contributed by atoms with Gasteiger partial charge in [-0.3, -0.25) is 9.59 Å². The summed E-state index contributed by atoms with van der Waals surface area (Å²) in [5.41, 5.74) is 1.73. The van der Waals surface area contributed by atoms with Crippen LogP contribution in [-0.4, -0.2) is 18.4 Å². The van der Waals surface area contributed by atoms with Crippen LogP contribution in [0.3, 0.4) is 0 Å². The second kappa shape index (κ2) is 9.13. The van der Waals surface area contributed by atoms with Crippen LogP contribution in [0.5, 0.6) is 0 Å². The summed E-state index contributed by atoms with van der Waals surface area (Å²) < 4.78 is 0. The molecule has 0 radical (unpaired) electrons. The summed E-state index contributed by atoms with van der Waals surface area (Å²) >= 11 is 0. The maximum absolute atomic E-state index is 11.8. The van der Waals surface area contributed by atoms with Gasteiger partial charge in [0.15, 0.2) is 0 Å². The molecule has 0 heterocycles. The Morgan fingerprint density at radius 1 is 1.00 bits per heavy atom. The minimum absolute atomic E-state index is 0.557. The first-order chi connectivity index (χ1) is 9.69. The summed E-state index contributed by atoms with van der Waals surface area (Å²) in [5, 5.41) is 5.31. The van der Waals surface area contributed by atoms with Gasteiger partial charge in [-0.2, -0.15) is 0 Å². The van der Waals surface area contributed by atoms with E-state index < -0.39 is 11.8 Å². The van der Waals surface area contributed by atoms with Gasteiger partial charge in [-0.15, -0.1) is 0 Å². The lowest BCUT2D eigenvalue weighted by Crippen LogP contribution is -2.36. The molecule has 1 aromatic carbocycles. The maximum atomic E-state index is 11.8. The number of hydrogen-bond acceptors (Lipinski definition) is 2. The van der Waals surface area contributed by atoms with Crippen molar-refractivity contribution in [2.24, 2.45) is 0 Å². The first-order valence-corrected chi connectivity index (χ1v) is 7.36. The van der Waals surface area contributed by atoms with E-state index in [0.717, 1.165) is 37.7 Å². The molecule has 1 rings (SSSR count). The molecule has 0 bridgehead atoms. The number of aryl methyl sites for hydroxylation is 1. The van der Waals surface area contributed by atoms with Gasteiger partial charge in [-0.25, -0.2) is 0 Å². The first-order valence-electron chi connectivity index (χ1n) is 7.36. The molecule has 2 amide bonds. The Morgan fingerprint density at radius 2 is 1.75 bits per heavy atom. The number of amides is 2. The molecule has 4 nitrogen and oxygen atoms in total. The second-order valence-electron chi connectivity index (χ2n) is 4.78. The summed E-state index contributed by atoms with van der Waals surface area (Å²) in [4.78, 5) is 23.4. The Bertz CT molecular complexity index is 444. The summed E-state index contributed by atoms with van der Waals surface area (Å²) in [6, 6.07) is 7.52. The van der Waals surface area contributed by atoms with Crippen LogP contribution in [0, 0.1) is 0 Å². The number of benzene rings is 1. The van der Waals surface area contributed by atoms with Crippen molar-refractivity contribution in [2.75, 3.05) is 11.9 Å². The average molecular weight is 276 g/mol. The first kappa shape index (κ1) is 16.2. The van der Waals surface area contributed by atoms with Crippen LogP contribution in [0.2, 0.25) is 0 Å². The molecule has 2 N–H and O–H groups in total. The van der Waals surface area contributed by atoms with Gasteiger partial charge in [0.05, 0.1) is 0 Å². The van der Waals surface area contributed by atoms with Crippen molar-refractivity contribution in [1.29, 1.82) is 0 Å². The van der Waals surface area contributed by atoms with Gasteiger partial charge in [0, 0.05) is 12.2 Å². The lowest BCUT2D eigenvalue weighted by Gasteiger charge is -2.09. The van der Waals surface area contributed by atoms with Crippen molar-refractivity contribution in [3.63, 3.8) is 0 Å². The van der Waals surface area contributed by atoms with E-state index in [1.807, 2.05) is 31.2 Å². The SMILES string of the molecule is CCCCCCNC(=O)C(=O)Nc1ccccc1CC. The van der Waals surface area contributed by atoms with Crippen LogP contribution in [0.15, 0.2) is 24.3 Å². The van der Waals surface area contributed by atoms with E-state index in [1.165, 1.54) is 0 Å². The highest BCUT2D eigenvalue weighted by Crippen LogP contribution is 2.15. The Hall–Kier alpha value is -1.84. The van der Waals surface area contributed by atoms with E-state index in [9.17, 15) is 9.59 Å². The summed E-state index contributed by atoms with van der Waals surface area (Å²) in [5.74, 6) is -1.16. The van der Waals surface area contributed by atoms with Gasteiger partial charge in [-0.05, 0) is 24.5 Å². The summed E-state index contributed by atoms with van der Waals surface area (Å²) in [6.07, 6.45) is 5.12. The topological polar surface area (TPSA) is 58.2 Å². The smallest absolute Gasteiger partial charge is 0.313 e. The Labute approximate surface area is 121 Å². The minimum Gasteiger partial charge on any atom is -0.348 e. The molecule has 0 aliphatic carbocycles. The van der Waals surface area contributed by atoms with Crippen molar-refractivity contribution >= 4 is 17.5 Å². The summed E-state index contributed by atoms with van der Waals surface area (Å²) in [7, 11) is 0. The van der Waals surface area contributed by atoms with Crippen LogP contribution in [0.4, 0.5) is 5.69 Å². The van der Waals surface area contributed by atoms with Crippen molar-refractivity contribution in [3.8, 4) is 0 Å². The molecule has 20 heavy (non-hydrogen) atoms. The largest absolute Gasteiger partial charge is 0.348 e. The molecular weight excluding hydrogens is 252 g/mol. The van der Waals surface area contributed by atoms with E-state index in [4.69, 9.17) is 0 Å². The highest BCUT2D eigenvalue weighted by molar-refractivity contribution is 6.39. The zero-order valence-electron chi connectivity index (χ0n) is 12.4. The minimum atomic E-state index is -0.596.